The van der Waals surface area contributed by atoms with Crippen LogP contribution in [-0.2, 0) is 30.4 Å². The first kappa shape index (κ1) is 50.7. The molecule has 1 heterocycles. The fraction of sp³-hybridized carbons (Fsp3) is 0.625. The highest BCUT2D eigenvalue weighted by Crippen LogP contribution is 2.41. The first-order valence-electron chi connectivity index (χ1n) is 22.5. The van der Waals surface area contributed by atoms with Crippen molar-refractivity contribution in [2.45, 2.75) is 142 Å². The molecule has 0 saturated heterocycles. The Kier molecular flexibility index (Phi) is 23.3. The normalized spacial score (nSPS) is 17.1. The molecule has 2 amide bonds. The molecule has 6 N–H and O–H groups in total. The summed E-state index contributed by atoms with van der Waals surface area (Å²) in [5.74, 6) is -2.52. The first-order chi connectivity index (χ1) is 29.5. The van der Waals surface area contributed by atoms with Crippen LogP contribution in [-0.4, -0.2) is 85.2 Å². The van der Waals surface area contributed by atoms with Crippen molar-refractivity contribution >= 4 is 29.2 Å². The molecule has 0 unspecified atom stereocenters. The van der Waals surface area contributed by atoms with E-state index in [2.05, 4.69) is 12.2 Å². The van der Waals surface area contributed by atoms with E-state index < -0.39 is 41.5 Å². The Balaban J connectivity index is 1.98. The van der Waals surface area contributed by atoms with Gasteiger partial charge in [0.05, 0.1) is 18.7 Å². The molecule has 0 aromatic heterocycles. The monoisotopic (exact) mass is 846 g/mol. The van der Waals surface area contributed by atoms with E-state index in [1.807, 2.05) is 12.1 Å². The quantitative estimate of drug-likeness (QED) is 0.0695. The number of unbranched alkanes of at least 4 members (excludes halogenated alkanes) is 10. The number of amides is 2. The summed E-state index contributed by atoms with van der Waals surface area (Å²) in [6.07, 6.45) is 13.2. The Labute approximate surface area is 363 Å². The highest BCUT2D eigenvalue weighted by atomic mass is 16.5. The molecule has 13 heteroatoms. The third-order valence-electron chi connectivity index (χ3n) is 11.4. The first-order valence-corrected chi connectivity index (χ1v) is 22.5. The highest BCUT2D eigenvalue weighted by molar-refractivity contribution is 5.96. The van der Waals surface area contributed by atoms with Crippen molar-refractivity contribution in [2.75, 3.05) is 40.0 Å². The van der Waals surface area contributed by atoms with Crippen molar-refractivity contribution in [1.29, 1.82) is 5.26 Å². The second-order valence-corrected chi connectivity index (χ2v) is 16.4. The number of hydrogen-bond donors (Lipinski definition) is 4. The predicted molar refractivity (Wildman–Crippen MR) is 237 cm³/mol. The number of aliphatic hydroxyl groups is 1. The molecule has 13 nitrogen and oxygen atoms in total. The maximum absolute atomic E-state index is 14.5. The van der Waals surface area contributed by atoms with Crippen molar-refractivity contribution in [3.63, 3.8) is 0 Å². The van der Waals surface area contributed by atoms with Gasteiger partial charge < -0.3 is 36.3 Å². The van der Waals surface area contributed by atoms with Crippen LogP contribution in [0.3, 0.4) is 0 Å². The van der Waals surface area contributed by atoms with Crippen LogP contribution in [0.25, 0.3) is 11.1 Å². The highest BCUT2D eigenvalue weighted by Gasteiger charge is 2.36. The summed E-state index contributed by atoms with van der Waals surface area (Å²) in [5, 5.41) is 21.7. The topological polar surface area (TPSA) is 215 Å². The zero-order chi connectivity index (χ0) is 44.6. The van der Waals surface area contributed by atoms with Crippen molar-refractivity contribution < 1.29 is 38.6 Å². The predicted octanol–water partition coefficient (Wildman–Crippen LogP) is 6.70. The van der Waals surface area contributed by atoms with Crippen LogP contribution in [0.1, 0.15) is 140 Å². The fourth-order valence-electron chi connectivity index (χ4n) is 7.99. The van der Waals surface area contributed by atoms with E-state index in [1.54, 1.807) is 37.3 Å². The number of likely N-dealkylation sites (N-methyl/N-ethyl adjacent to an activating group) is 1. The molecule has 3 rings (SSSR count). The van der Waals surface area contributed by atoms with Gasteiger partial charge in [0, 0.05) is 68.7 Å². The summed E-state index contributed by atoms with van der Waals surface area (Å²) in [5.41, 5.74) is 14.0. The molecule has 61 heavy (non-hydrogen) atoms. The summed E-state index contributed by atoms with van der Waals surface area (Å²) in [4.78, 5) is 70.8. The molecule has 1 aliphatic heterocycles. The number of nitrogens with zero attached hydrogens (tertiary/aromatic N) is 2. The average Bonchev–Trinajstić information content (AvgIpc) is 3.25. The number of ketones is 3. The van der Waals surface area contributed by atoms with Gasteiger partial charge in [-0.05, 0) is 61.2 Å². The molecule has 2 aromatic carbocycles. The van der Waals surface area contributed by atoms with Crippen molar-refractivity contribution in [3.05, 3.63) is 47.5 Å². The SMILES string of the molecule is CCCCCCCCCCCCCC(=O)C[C@@H](CCN)C(=O)N(C)[C@@H]1C(=O)C[C@@H](C)C(=O)N[C@H](C(=O)CCC#N)Cc2ccc(OCCN)c(c2)-c2cc1ccc2OCCO. The molecule has 336 valence electrons. The Morgan fingerprint density at radius 2 is 1.49 bits per heavy atom. The van der Waals surface area contributed by atoms with E-state index in [9.17, 15) is 34.3 Å². The minimum Gasteiger partial charge on any atom is -0.492 e. The minimum absolute atomic E-state index is 0.00684. The van der Waals surface area contributed by atoms with Gasteiger partial charge in [0.2, 0.25) is 11.8 Å². The van der Waals surface area contributed by atoms with Crippen LogP contribution in [0.15, 0.2) is 36.4 Å². The van der Waals surface area contributed by atoms with Crippen molar-refractivity contribution in [1.82, 2.24) is 10.2 Å². The molecule has 2 aromatic rings. The van der Waals surface area contributed by atoms with E-state index in [1.165, 1.54) is 56.9 Å². The Hall–Kier alpha value is -4.64. The smallest absolute Gasteiger partial charge is 0.226 e. The molecule has 0 spiro atoms. The zero-order valence-corrected chi connectivity index (χ0v) is 36.9. The maximum atomic E-state index is 14.5. The average molecular weight is 846 g/mol. The van der Waals surface area contributed by atoms with Gasteiger partial charge in [0.1, 0.15) is 36.5 Å². The number of carbonyl (C=O) groups is 5. The molecule has 4 bridgehead atoms. The lowest BCUT2D eigenvalue weighted by Gasteiger charge is -2.32. The van der Waals surface area contributed by atoms with Gasteiger partial charge in [-0.25, -0.2) is 0 Å². The summed E-state index contributed by atoms with van der Waals surface area (Å²) < 4.78 is 12.1. The van der Waals surface area contributed by atoms with Crippen molar-refractivity contribution in [3.8, 4) is 28.7 Å². The van der Waals surface area contributed by atoms with E-state index in [0.29, 0.717) is 40.2 Å². The van der Waals surface area contributed by atoms with E-state index in [4.69, 9.17) is 20.9 Å². The number of hydrogen-bond acceptors (Lipinski definition) is 11. The number of nitriles is 1. The number of ether oxygens (including phenoxy) is 2. The van der Waals surface area contributed by atoms with Crippen LogP contribution in [0.2, 0.25) is 0 Å². The lowest BCUT2D eigenvalue weighted by Crippen LogP contribution is -2.46. The van der Waals surface area contributed by atoms with Gasteiger partial charge in [0.25, 0.3) is 0 Å². The fourth-order valence-corrected chi connectivity index (χ4v) is 7.99. The van der Waals surface area contributed by atoms with Gasteiger partial charge in [0.15, 0.2) is 11.6 Å². The number of Topliss-reactive ketones (excluding diaryl/α,β-unsaturated/α-hetero) is 3. The number of benzene rings is 2. The van der Waals surface area contributed by atoms with Crippen LogP contribution in [0.5, 0.6) is 11.5 Å². The van der Waals surface area contributed by atoms with Crippen molar-refractivity contribution in [2.24, 2.45) is 23.3 Å². The molecule has 0 radical (unpaired) electrons. The summed E-state index contributed by atoms with van der Waals surface area (Å²) in [7, 11) is 1.53. The van der Waals surface area contributed by atoms with Gasteiger partial charge in [-0.1, -0.05) is 90.2 Å². The van der Waals surface area contributed by atoms with Gasteiger partial charge in [-0.2, -0.15) is 5.26 Å². The summed E-state index contributed by atoms with van der Waals surface area (Å²) in [6.45, 7) is 4.10. The lowest BCUT2D eigenvalue weighted by atomic mass is 9.88. The molecule has 1 aliphatic rings. The number of rotatable bonds is 27. The van der Waals surface area contributed by atoms with E-state index in [-0.39, 0.29) is 83.0 Å². The van der Waals surface area contributed by atoms with E-state index >= 15 is 0 Å². The molecule has 4 atom stereocenters. The molecular weight excluding hydrogens is 775 g/mol. The van der Waals surface area contributed by atoms with Gasteiger partial charge in [-0.3, -0.25) is 24.0 Å². The Morgan fingerprint density at radius 1 is 0.869 bits per heavy atom. The number of fused-ring (bicyclic) bond motifs is 5. The lowest BCUT2D eigenvalue weighted by molar-refractivity contribution is -0.143. The zero-order valence-electron chi connectivity index (χ0n) is 36.9. The number of nitrogens with two attached hydrogens (primary N) is 2. The molecule has 0 fully saturated rings. The van der Waals surface area contributed by atoms with Crippen LogP contribution in [0.4, 0.5) is 0 Å². The molecular formula is C48H71N5O8. The number of aliphatic hydroxyl groups excluding tert-OH is 1. The third-order valence-corrected chi connectivity index (χ3v) is 11.4. The van der Waals surface area contributed by atoms with Crippen LogP contribution in [0, 0.1) is 23.2 Å². The third kappa shape index (κ3) is 16.6. The van der Waals surface area contributed by atoms with E-state index in [0.717, 1.165) is 25.7 Å². The van der Waals surface area contributed by atoms with Gasteiger partial charge >= 0.3 is 0 Å². The summed E-state index contributed by atoms with van der Waals surface area (Å²) in [6, 6.07) is 10.3. The Morgan fingerprint density at radius 3 is 2.11 bits per heavy atom. The van der Waals surface area contributed by atoms with Crippen LogP contribution >= 0.6 is 0 Å². The van der Waals surface area contributed by atoms with Crippen LogP contribution < -0.4 is 26.3 Å². The largest absolute Gasteiger partial charge is 0.492 e. The molecule has 0 aliphatic carbocycles. The molecule has 0 saturated carbocycles. The Bertz CT molecular complexity index is 1760. The maximum Gasteiger partial charge on any atom is 0.226 e. The minimum atomic E-state index is -1.18. The number of nitrogens with one attached hydrogen (secondary N) is 1. The second kappa shape index (κ2) is 28.1. The summed E-state index contributed by atoms with van der Waals surface area (Å²) >= 11 is 0. The standard InChI is InChI=1S/C48H71N5O8/c1-4-5-6-7-8-9-10-11-12-13-14-16-38(55)32-37(22-24-50)48(59)53(3)46-36-19-21-45(61-28-26-54)40(33-36)39-30-35(18-20-44(39)60-27-25-51)31-41(42(56)17-15-23-49)52-47(58)34(2)29-43(46)57/h18-21,30,33-34,37,41,46,54H,4-17,22,24-29,31-32,50-51H2,1-3H3,(H,52,58)/t34-,37-,41+,46+/m1/s1. The van der Waals surface area contributed by atoms with Gasteiger partial charge in [-0.15, -0.1) is 0 Å². The number of carbonyl (C=O) groups excluding carboxylic acids is 5. The second-order valence-electron chi connectivity index (χ2n) is 16.4.